The molecule has 0 unspecified atom stereocenters. The summed E-state index contributed by atoms with van der Waals surface area (Å²) >= 11 is 0. The highest BCUT2D eigenvalue weighted by molar-refractivity contribution is 6.01. The van der Waals surface area contributed by atoms with Crippen LogP contribution in [-0.4, -0.2) is 219 Å². The molecule has 448 valence electrons. The Balaban J connectivity index is 1.02. The molecular weight excluding hydrogens is 1030 g/mol. The molecule has 4 saturated heterocycles. The Kier molecular flexibility index (Phi) is 21.4. The van der Waals surface area contributed by atoms with Crippen LogP contribution in [-0.2, 0) is 55.8 Å². The number of likely N-dealkylation sites (N-methyl/N-ethyl adjacent to an activating group) is 2. The summed E-state index contributed by atoms with van der Waals surface area (Å²) in [5.41, 5.74) is -1.77. The summed E-state index contributed by atoms with van der Waals surface area (Å²) in [7, 11) is 5.31. The lowest BCUT2D eigenvalue weighted by molar-refractivity contribution is -0.318. The molecule has 0 aliphatic carbocycles. The third-order valence-corrected chi connectivity index (χ3v) is 17.6. The summed E-state index contributed by atoms with van der Waals surface area (Å²) in [6.07, 6.45) is -4.58. The van der Waals surface area contributed by atoms with E-state index in [0.29, 0.717) is 82.2 Å². The monoisotopic (exact) mass is 1120 g/mol. The Morgan fingerprint density at radius 2 is 1.68 bits per heavy atom. The van der Waals surface area contributed by atoms with Gasteiger partial charge in [-0.05, 0) is 126 Å². The Hall–Kier alpha value is -3.49. The van der Waals surface area contributed by atoms with Gasteiger partial charge in [0.2, 0.25) is 0 Å². The average Bonchev–Trinajstić information content (AvgIpc) is 4.09. The number of carbonyl (C=O) groups excluding carboxylic acids is 1. The first kappa shape index (κ1) is 63.1. The van der Waals surface area contributed by atoms with Crippen LogP contribution in [0.1, 0.15) is 125 Å². The largest absolute Gasteiger partial charge is 0.459 e. The number of nitrogens with zero attached hydrogens (tertiary/aromatic N) is 7. The van der Waals surface area contributed by atoms with Crippen LogP contribution in [0.3, 0.4) is 0 Å². The summed E-state index contributed by atoms with van der Waals surface area (Å²) in [5.74, 6) is -3.08. The maximum Gasteiger partial charge on any atom is 0.311 e. The van der Waals surface area contributed by atoms with E-state index in [4.69, 9.17) is 38.0 Å². The lowest BCUT2D eigenvalue weighted by Crippen LogP contribution is -2.60. The van der Waals surface area contributed by atoms with Crippen LogP contribution in [0.4, 0.5) is 10.1 Å². The highest BCUT2D eigenvalue weighted by Gasteiger charge is 2.53. The Labute approximate surface area is 466 Å². The molecule has 0 radical (unpaired) electrons. The summed E-state index contributed by atoms with van der Waals surface area (Å²) in [6.45, 7) is 21.5. The summed E-state index contributed by atoms with van der Waals surface area (Å²) in [4.78, 5) is 26.3. The number of morpholine rings is 1. The lowest BCUT2D eigenvalue weighted by atomic mass is 9.77. The zero-order chi connectivity index (χ0) is 57.7. The number of cyclic esters (lactones) is 1. The van der Waals surface area contributed by atoms with Crippen molar-refractivity contribution in [1.82, 2.24) is 24.8 Å². The van der Waals surface area contributed by atoms with E-state index in [1.807, 2.05) is 56.9 Å². The zero-order valence-corrected chi connectivity index (χ0v) is 49.1. The first-order chi connectivity index (χ1) is 37.3. The van der Waals surface area contributed by atoms with E-state index in [1.54, 1.807) is 52.3 Å². The van der Waals surface area contributed by atoms with Gasteiger partial charge >= 0.3 is 5.97 Å². The molecule has 2 aromatic rings. The molecule has 21 nitrogen and oxygen atoms in total. The number of aryl methyl sites for hydroxylation is 1. The number of aromatic nitrogens is 3. The second-order valence-electron chi connectivity index (χ2n) is 24.3. The number of hydrogen-bond donors (Lipinski definition) is 5. The number of anilines is 1. The molecule has 0 amide bonds. The number of methoxy groups -OCH3 is 1. The summed E-state index contributed by atoms with van der Waals surface area (Å²) in [6, 6.07) is 4.24. The van der Waals surface area contributed by atoms with E-state index >= 15 is 4.39 Å². The first-order valence-corrected chi connectivity index (χ1v) is 28.8. The predicted octanol–water partition coefficient (Wildman–Crippen LogP) is 4.05. The van der Waals surface area contributed by atoms with Gasteiger partial charge in [-0.3, -0.25) is 4.79 Å². The smallest absolute Gasteiger partial charge is 0.311 e. The number of halogens is 1. The van der Waals surface area contributed by atoms with Gasteiger partial charge in [0.15, 0.2) is 18.7 Å². The minimum absolute atomic E-state index is 0.0993. The molecular formula is C57H94FN7O14. The van der Waals surface area contributed by atoms with Gasteiger partial charge in [-0.25, -0.2) is 9.07 Å². The van der Waals surface area contributed by atoms with Gasteiger partial charge in [-0.15, -0.1) is 5.10 Å². The summed E-state index contributed by atoms with van der Waals surface area (Å²) in [5, 5.41) is 72.9. The van der Waals surface area contributed by atoms with Crippen LogP contribution in [0, 0.1) is 23.6 Å². The Morgan fingerprint density at radius 3 is 2.37 bits per heavy atom. The number of hydrogen-bond acceptors (Lipinski definition) is 20. The second-order valence-corrected chi connectivity index (χ2v) is 24.3. The topological polar surface area (TPSA) is 245 Å². The van der Waals surface area contributed by atoms with Crippen molar-refractivity contribution >= 4 is 17.4 Å². The van der Waals surface area contributed by atoms with E-state index in [1.165, 1.54) is 20.1 Å². The van der Waals surface area contributed by atoms with E-state index in [0.717, 1.165) is 18.5 Å². The number of rotatable bonds is 16. The Bertz CT molecular complexity index is 2310. The van der Waals surface area contributed by atoms with Gasteiger partial charge in [0, 0.05) is 69.3 Å². The van der Waals surface area contributed by atoms with E-state index < -0.39 is 96.0 Å². The van der Waals surface area contributed by atoms with Crippen LogP contribution in [0.2, 0.25) is 0 Å². The van der Waals surface area contributed by atoms with Gasteiger partial charge in [-0.2, -0.15) is 0 Å². The molecule has 79 heavy (non-hydrogen) atoms. The molecule has 4 fully saturated rings. The molecule has 5 N–H and O–H groups in total. The quantitative estimate of drug-likeness (QED) is 0.118. The molecule has 0 spiro atoms. The summed E-state index contributed by atoms with van der Waals surface area (Å²) < 4.78 is 60.7. The maximum atomic E-state index is 15.2. The number of aliphatic hydroxyl groups excluding tert-OH is 3. The number of carbonyl (C=O) groups is 1. The average molecular weight is 1120 g/mol. The number of ether oxygens (including phenoxy) is 7. The molecule has 5 aliphatic heterocycles. The highest BCUT2D eigenvalue weighted by atomic mass is 19.1. The number of aliphatic hydroxyl groups is 5. The third kappa shape index (κ3) is 15.0. The van der Waals surface area contributed by atoms with Gasteiger partial charge in [0.05, 0.1) is 78.4 Å². The molecule has 22 heteroatoms. The van der Waals surface area contributed by atoms with Crippen LogP contribution >= 0.6 is 0 Å². The maximum absolute atomic E-state index is 15.2. The SMILES string of the molecule is CC[C@H]1OC(=O)[C@H](C)[C@@H](O[C@H]2C[C@@](C)(OC)[C@@H](O)[C@H](C)O2)[C@H](C)[C@@H](O[C@@H]2O[C@H](C)C[C@H](N(C)CCCCc3cn(C[C@H]4CC(c5ccc(N6CCOCC6)c(F)c5)=NO4)nn3)[C@H]2O)[C@](C)(O)C[C@@H](C)CN(C)[C@H](C)[C@@H](O)[C@]1(C)O. The van der Waals surface area contributed by atoms with Crippen LogP contribution in [0.15, 0.2) is 29.6 Å². The van der Waals surface area contributed by atoms with Crippen LogP contribution in [0.25, 0.3) is 0 Å². The van der Waals surface area contributed by atoms with Crippen LogP contribution < -0.4 is 4.90 Å². The van der Waals surface area contributed by atoms with Gasteiger partial charge in [0.1, 0.15) is 35.8 Å². The van der Waals surface area contributed by atoms with Crippen LogP contribution in [0.5, 0.6) is 0 Å². The van der Waals surface area contributed by atoms with Crippen molar-refractivity contribution in [2.75, 3.05) is 65.5 Å². The lowest BCUT2D eigenvalue weighted by Gasteiger charge is -2.49. The Morgan fingerprint density at radius 1 is 0.962 bits per heavy atom. The first-order valence-electron chi connectivity index (χ1n) is 28.8. The van der Waals surface area contributed by atoms with Gasteiger partial charge in [0.25, 0.3) is 0 Å². The third-order valence-electron chi connectivity index (χ3n) is 17.6. The van der Waals surface area contributed by atoms with Gasteiger partial charge < -0.3 is 78.2 Å². The fourth-order valence-corrected chi connectivity index (χ4v) is 12.7. The van der Waals surface area contributed by atoms with Crippen molar-refractivity contribution in [3.05, 3.63) is 41.5 Å². The molecule has 1 aromatic carbocycles. The normalized spacial score (nSPS) is 39.7. The second kappa shape index (κ2) is 26.8. The standard InChI is InChI=1S/C57H94FN7O14/c1-14-46-57(10,71)50(67)37(6)63(12)30-33(2)28-55(8,70)52(35(4)49(36(5)53(69)76-46)77-47-29-56(9,72-13)51(68)38(7)75-47)78-54-48(66)45(25-34(3)74-54)62(11)20-16-15-17-40-31-65(61-59-40)32-41-27-43(60-79-41)39-18-19-44(42(58)26-39)64-21-23-73-24-22-64/h18-19,26,31,33-38,41,45-52,54,66-68,70-71H,14-17,20-25,27-30,32H2,1-13H3/t33-,34-,35+,36-,37-,38+,41-,45+,46-,47+,48-,49+,50-,51+,52-,54+,55-,56-,57-/m1/s1. The predicted molar refractivity (Wildman–Crippen MR) is 292 cm³/mol. The van der Waals surface area contributed by atoms with E-state index in [-0.39, 0.29) is 49.2 Å². The molecule has 6 heterocycles. The fourth-order valence-electron chi connectivity index (χ4n) is 12.7. The number of oxime groups is 1. The molecule has 5 aliphatic rings. The molecule has 0 saturated carbocycles. The minimum Gasteiger partial charge on any atom is -0.459 e. The molecule has 1 aromatic heterocycles. The van der Waals surface area contributed by atoms with Crippen molar-refractivity contribution in [1.29, 1.82) is 0 Å². The van der Waals surface area contributed by atoms with Crippen molar-refractivity contribution in [3.63, 3.8) is 0 Å². The zero-order valence-electron chi connectivity index (χ0n) is 49.1. The number of benzene rings is 1. The highest BCUT2D eigenvalue weighted by Crippen LogP contribution is 2.41. The molecule has 7 rings (SSSR count). The van der Waals surface area contributed by atoms with Gasteiger partial charge in [-0.1, -0.05) is 37.2 Å². The minimum atomic E-state index is -1.84. The number of esters is 1. The van der Waals surface area contributed by atoms with Crippen molar-refractivity contribution in [3.8, 4) is 0 Å². The van der Waals surface area contributed by atoms with Crippen molar-refractivity contribution < 1.29 is 72.7 Å². The molecule has 19 atom stereocenters. The van der Waals surface area contributed by atoms with Crippen molar-refractivity contribution in [2.24, 2.45) is 22.9 Å². The van der Waals surface area contributed by atoms with Crippen molar-refractivity contribution in [2.45, 2.75) is 224 Å². The number of unbranched alkanes of at least 4 members (excludes halogenated alkanes) is 1. The van der Waals surface area contributed by atoms with E-state index in [9.17, 15) is 30.3 Å². The van der Waals surface area contributed by atoms with E-state index in [2.05, 4.69) is 20.4 Å². The fraction of sp³-hybridized carbons (Fsp3) is 0.825. The molecule has 0 bridgehead atoms.